The van der Waals surface area contributed by atoms with Crippen molar-refractivity contribution >= 4 is 61.7 Å². The first-order chi connectivity index (χ1) is 17.3. The Bertz CT molecular complexity index is 1270. The van der Waals surface area contributed by atoms with Gasteiger partial charge in [0.15, 0.2) is 34.5 Å². The summed E-state index contributed by atoms with van der Waals surface area (Å²) in [7, 11) is 4.45. The summed E-state index contributed by atoms with van der Waals surface area (Å²) in [5.41, 5.74) is 6.99. The van der Waals surface area contributed by atoms with Gasteiger partial charge in [-0.1, -0.05) is 23.4 Å². The normalized spacial score (nSPS) is 27.8. The van der Waals surface area contributed by atoms with Crippen molar-refractivity contribution in [2.75, 3.05) is 26.2 Å². The van der Waals surface area contributed by atoms with Crippen LogP contribution in [0, 0.1) is 0 Å². The van der Waals surface area contributed by atoms with Crippen LogP contribution in [0.2, 0.25) is 5.02 Å². The molecule has 2 N–H and O–H groups in total. The number of nitrogens with zero attached hydrogens (tertiary/aromatic N) is 4. The van der Waals surface area contributed by atoms with Gasteiger partial charge in [0.05, 0.1) is 0 Å². The Morgan fingerprint density at radius 1 is 1.36 bits per heavy atom. The Kier molecular flexibility index (Phi) is 7.39. The summed E-state index contributed by atoms with van der Waals surface area (Å²) in [5, 5.41) is 1.17. The molecule has 36 heavy (non-hydrogen) atoms. The number of benzene rings is 1. The molecule has 2 fully saturated rings. The van der Waals surface area contributed by atoms with E-state index < -0.39 is 45.1 Å². The number of nitrogens with two attached hydrogens (primary N) is 1. The predicted molar refractivity (Wildman–Crippen MR) is 131 cm³/mol. The molecule has 16 heteroatoms. The van der Waals surface area contributed by atoms with Crippen molar-refractivity contribution in [2.45, 2.75) is 41.5 Å². The molecule has 12 nitrogen and oxygen atoms in total. The second-order valence-electron chi connectivity index (χ2n) is 7.81. The number of halogens is 1. The van der Waals surface area contributed by atoms with Gasteiger partial charge in [-0.15, -0.1) is 0 Å². The molecule has 0 amide bonds. The first-order valence-corrected chi connectivity index (χ1v) is 13.5. The van der Waals surface area contributed by atoms with Crippen LogP contribution in [0.4, 0.5) is 5.82 Å². The largest absolute Gasteiger partial charge is 0.488 e. The van der Waals surface area contributed by atoms with Crippen molar-refractivity contribution in [3.8, 4) is 0 Å². The molecule has 0 spiro atoms. The van der Waals surface area contributed by atoms with E-state index in [1.807, 2.05) is 12.1 Å². The van der Waals surface area contributed by atoms with E-state index in [-0.39, 0.29) is 12.4 Å². The van der Waals surface area contributed by atoms with Crippen LogP contribution >= 0.6 is 31.2 Å². The van der Waals surface area contributed by atoms with Crippen LogP contribution in [-0.2, 0) is 32.6 Å². The molecule has 3 aromatic rings. The Morgan fingerprint density at radius 3 is 2.86 bits per heavy atom. The van der Waals surface area contributed by atoms with Gasteiger partial charge < -0.3 is 19.9 Å². The van der Waals surface area contributed by atoms with Gasteiger partial charge in [-0.2, -0.15) is 13.6 Å². The monoisotopic (exact) mass is 552 g/mol. The average molecular weight is 553 g/mol. The van der Waals surface area contributed by atoms with Crippen LogP contribution in [0.25, 0.3) is 11.2 Å². The topological polar surface area (TPSA) is 142 Å². The summed E-state index contributed by atoms with van der Waals surface area (Å²) in [6, 6.07) is 7.32. The van der Waals surface area contributed by atoms with E-state index in [0.29, 0.717) is 21.3 Å². The number of anilines is 1. The third-order valence-electron chi connectivity index (χ3n) is 5.49. The lowest BCUT2D eigenvalue weighted by molar-refractivity contribution is -0.149. The van der Waals surface area contributed by atoms with E-state index in [1.54, 1.807) is 16.7 Å². The van der Waals surface area contributed by atoms with Crippen molar-refractivity contribution in [1.29, 1.82) is 0 Å². The third-order valence-corrected chi connectivity index (χ3v) is 8.23. The van der Waals surface area contributed by atoms with E-state index in [9.17, 15) is 4.79 Å². The summed E-state index contributed by atoms with van der Waals surface area (Å²) in [4.78, 5) is 25.1. The fourth-order valence-electron chi connectivity index (χ4n) is 3.87. The van der Waals surface area contributed by atoms with Crippen LogP contribution < -0.4 is 5.73 Å². The molecule has 0 bridgehead atoms. The van der Waals surface area contributed by atoms with Crippen LogP contribution in [0.5, 0.6) is 0 Å². The first-order valence-electron chi connectivity index (χ1n) is 10.7. The number of esters is 1. The molecule has 2 aliphatic rings. The lowest BCUT2D eigenvalue weighted by Crippen LogP contribution is -2.42. The number of aromatic nitrogens is 4. The molecule has 2 aromatic heterocycles. The van der Waals surface area contributed by atoms with Gasteiger partial charge in [-0.3, -0.25) is 9.36 Å². The van der Waals surface area contributed by atoms with E-state index in [0.717, 1.165) is 4.90 Å². The molecule has 1 aromatic carbocycles. The second-order valence-corrected chi connectivity index (χ2v) is 11.1. The van der Waals surface area contributed by atoms with Crippen molar-refractivity contribution in [1.82, 2.24) is 19.5 Å². The molecule has 188 valence electrons. The number of fused-ring (bicyclic) bond motifs is 2. The van der Waals surface area contributed by atoms with Crippen LogP contribution in [0.3, 0.4) is 0 Å². The van der Waals surface area contributed by atoms with Crippen molar-refractivity contribution in [2.24, 2.45) is 0 Å². The number of imidazole rings is 1. The Morgan fingerprint density at radius 2 is 2.14 bits per heavy atom. The minimum absolute atomic E-state index is 0.0782. The van der Waals surface area contributed by atoms with E-state index in [4.69, 9.17) is 57.7 Å². The van der Waals surface area contributed by atoms with Crippen molar-refractivity contribution < 1.29 is 32.6 Å². The number of carbonyl (C=O) groups is 1. The lowest BCUT2D eigenvalue weighted by Gasteiger charge is -2.31. The molecule has 2 radical (unpaired) electrons. The summed E-state index contributed by atoms with van der Waals surface area (Å²) >= 11 is 7.42. The van der Waals surface area contributed by atoms with E-state index in [1.165, 1.54) is 32.1 Å². The van der Waals surface area contributed by atoms with Crippen LogP contribution in [-0.4, -0.2) is 71.9 Å². The van der Waals surface area contributed by atoms with E-state index >= 15 is 0 Å². The van der Waals surface area contributed by atoms with Gasteiger partial charge in [-0.05, 0) is 24.3 Å². The number of hydrogen-bond donors (Lipinski definition) is 1. The maximum atomic E-state index is 11.1. The molecule has 5 atom stereocenters. The van der Waals surface area contributed by atoms with Crippen molar-refractivity contribution in [3.05, 3.63) is 35.6 Å². The highest BCUT2D eigenvalue weighted by Gasteiger charge is 2.59. The molecular weight excluding hydrogens is 532 g/mol. The molecule has 4 heterocycles. The molecule has 2 unspecified atom stereocenters. The third kappa shape index (κ3) is 5.05. The van der Waals surface area contributed by atoms with Gasteiger partial charge >= 0.3 is 21.4 Å². The molecule has 0 aliphatic carbocycles. The minimum atomic E-state index is -3.30. The van der Waals surface area contributed by atoms with E-state index in [2.05, 4.69) is 9.97 Å². The molecule has 0 saturated carbocycles. The highest BCUT2D eigenvalue weighted by Crippen LogP contribution is 2.63. The summed E-state index contributed by atoms with van der Waals surface area (Å²) in [5.74, 6) is -0.291. The van der Waals surface area contributed by atoms with Gasteiger partial charge in [0, 0.05) is 24.0 Å². The van der Waals surface area contributed by atoms with Crippen molar-refractivity contribution in [3.63, 3.8) is 0 Å². The smallest absolute Gasteiger partial charge is 0.434 e. The Balaban J connectivity index is 1.47. The summed E-state index contributed by atoms with van der Waals surface area (Å²) < 4.78 is 35.8. The molecular formula is C20H21BClN5O7PS+. The highest BCUT2D eigenvalue weighted by atomic mass is 35.5. The Labute approximate surface area is 217 Å². The maximum Gasteiger partial charge on any atom is 0.488 e. The average Bonchev–Trinajstić information content (AvgIpc) is 3.37. The number of nitrogen functional groups attached to an aromatic ring is 1. The maximum absolute atomic E-state index is 11.1. The summed E-state index contributed by atoms with van der Waals surface area (Å²) in [6.45, 7) is 0.934. The number of carbonyl (C=O) groups excluding carboxylic acids is 1. The van der Waals surface area contributed by atoms with Crippen LogP contribution in [0.15, 0.2) is 40.6 Å². The summed E-state index contributed by atoms with van der Waals surface area (Å²) in [6.07, 6.45) is -1.18. The fraction of sp³-hybridized carbons (Fsp3) is 0.400. The standard InChI is InChI=1S/C20H21BClN5O7PS/c1-10(28)30-9-32-35(21)31-7-13-15(34-35)16(29-2)19(33-13)27-18-14(17(23)24-8-25-18)26-20(27)36-12-5-3-11(22)4-6-12/h3-6,8,13,15-16,19H,7,9H2,1-2H3,(H2,23,24,25)/q+1/t13-,15-,16?,19-,35?/m1/s1. The van der Waals surface area contributed by atoms with Gasteiger partial charge in [0.25, 0.3) is 0 Å². The van der Waals surface area contributed by atoms with Gasteiger partial charge in [0.2, 0.25) is 6.79 Å². The Hall–Kier alpha value is -2.03. The number of rotatable bonds is 7. The number of methoxy groups -OCH3 is 1. The zero-order chi connectivity index (χ0) is 25.4. The minimum Gasteiger partial charge on any atom is -0.434 e. The highest BCUT2D eigenvalue weighted by molar-refractivity contribution is 7.99. The molecule has 2 saturated heterocycles. The predicted octanol–water partition coefficient (Wildman–Crippen LogP) is 2.92. The van der Waals surface area contributed by atoms with Crippen LogP contribution in [0.1, 0.15) is 13.2 Å². The molecule has 2 aliphatic heterocycles. The van der Waals surface area contributed by atoms with Gasteiger partial charge in [-0.25, -0.2) is 15.0 Å². The SMILES string of the molecule is [B][P+]1(OCOC(C)=O)OC[C@H]2O[C@@H](n3c(Sc4ccc(Cl)cc4)nc4c(N)ncnc43)C(OC)[C@@H]2O1. The quantitative estimate of drug-likeness (QED) is 0.199. The van der Waals surface area contributed by atoms with Gasteiger partial charge in [0.1, 0.15) is 25.1 Å². The zero-order valence-electron chi connectivity index (χ0n) is 19.1. The molecule has 5 rings (SSSR count). The number of hydrogen-bond acceptors (Lipinski definition) is 12. The first kappa shape index (κ1) is 25.6. The second kappa shape index (κ2) is 10.4. The zero-order valence-corrected chi connectivity index (χ0v) is 21.6. The number of ether oxygens (including phenoxy) is 3. The fourth-order valence-corrected chi connectivity index (χ4v) is 6.25. The lowest BCUT2D eigenvalue weighted by atomic mass is 10.1.